The van der Waals surface area contributed by atoms with Crippen molar-refractivity contribution in [1.82, 2.24) is 15.4 Å². The lowest BCUT2D eigenvalue weighted by Crippen LogP contribution is -2.54. The highest BCUT2D eigenvalue weighted by Gasteiger charge is 2.45. The third-order valence-corrected chi connectivity index (χ3v) is 4.42. The van der Waals surface area contributed by atoms with Crippen LogP contribution < -0.4 is 15.9 Å². The number of hydrogen-bond acceptors (Lipinski definition) is 7. The van der Waals surface area contributed by atoms with Crippen LogP contribution in [-0.2, 0) is 14.3 Å². The van der Waals surface area contributed by atoms with Crippen LogP contribution in [0.3, 0.4) is 0 Å². The van der Waals surface area contributed by atoms with Crippen molar-refractivity contribution in [3.05, 3.63) is 29.3 Å². The highest BCUT2D eigenvalue weighted by atomic mass is 16.5. The van der Waals surface area contributed by atoms with Gasteiger partial charge >= 0.3 is 0 Å². The monoisotopic (exact) mass is 370 g/mol. The van der Waals surface area contributed by atoms with Crippen LogP contribution in [0.25, 0.3) is 0 Å². The van der Waals surface area contributed by atoms with Crippen LogP contribution in [0.4, 0.5) is 5.69 Å². The number of hydrogen-bond donors (Lipinski definition) is 3. The Kier molecular flexibility index (Phi) is 5.87. The summed E-state index contributed by atoms with van der Waals surface area (Å²) in [5.74, 6) is -2.10. The molecule has 2 heterocycles. The molecule has 2 radical (unpaired) electrons. The maximum absolute atomic E-state index is 12.9. The Labute approximate surface area is 157 Å². The molecule has 0 saturated carbocycles. The van der Waals surface area contributed by atoms with Crippen molar-refractivity contribution in [3.63, 3.8) is 0 Å². The number of carbonyl (C=O) groups is 4. The third kappa shape index (κ3) is 3.86. The van der Waals surface area contributed by atoms with E-state index < -0.39 is 29.7 Å². The van der Waals surface area contributed by atoms with Crippen LogP contribution >= 0.6 is 0 Å². The van der Waals surface area contributed by atoms with Crippen molar-refractivity contribution in [1.29, 1.82) is 0 Å². The van der Waals surface area contributed by atoms with E-state index >= 15 is 0 Å². The Morgan fingerprint density at radius 2 is 1.93 bits per heavy atom. The molecule has 1 aromatic rings. The smallest absolute Gasteiger partial charge is 0.264 e. The zero-order chi connectivity index (χ0) is 19.4. The molecule has 2 aliphatic heterocycles. The number of anilines is 1. The summed E-state index contributed by atoms with van der Waals surface area (Å²) in [6, 6.07) is 3.93. The number of benzene rings is 1. The fourth-order valence-electron chi connectivity index (χ4n) is 3.15. The van der Waals surface area contributed by atoms with Crippen molar-refractivity contribution >= 4 is 37.3 Å². The number of nitrogens with zero attached hydrogens (tertiary/aromatic N) is 1. The van der Waals surface area contributed by atoms with E-state index in [0.29, 0.717) is 32.0 Å². The Bertz CT molecular complexity index is 785. The second-order valence-corrected chi connectivity index (χ2v) is 6.17. The summed E-state index contributed by atoms with van der Waals surface area (Å²) in [5.41, 5.74) is 0.972. The lowest BCUT2D eigenvalue weighted by molar-refractivity contribution is -0.136. The molecule has 1 saturated heterocycles. The minimum absolute atomic E-state index is 0.0872. The molecule has 3 N–H and O–H groups in total. The fourth-order valence-corrected chi connectivity index (χ4v) is 3.15. The summed E-state index contributed by atoms with van der Waals surface area (Å²) >= 11 is 0. The van der Waals surface area contributed by atoms with Crippen molar-refractivity contribution < 1.29 is 23.9 Å². The maximum atomic E-state index is 12.9. The van der Waals surface area contributed by atoms with Crippen molar-refractivity contribution in [3.8, 4) is 0 Å². The lowest BCUT2D eigenvalue weighted by atomic mass is 10.0. The van der Waals surface area contributed by atoms with Gasteiger partial charge in [-0.1, -0.05) is 6.07 Å². The minimum Gasteiger partial charge on any atom is -0.382 e. The van der Waals surface area contributed by atoms with Crippen molar-refractivity contribution in [2.75, 3.05) is 31.6 Å². The topological polar surface area (TPSA) is 117 Å². The Balaban J connectivity index is 1.72. The van der Waals surface area contributed by atoms with E-state index in [1.165, 1.54) is 0 Å². The number of imide groups is 2. The summed E-state index contributed by atoms with van der Waals surface area (Å²) in [7, 11) is 5.15. The van der Waals surface area contributed by atoms with Gasteiger partial charge in [-0.25, -0.2) is 0 Å². The van der Waals surface area contributed by atoms with Crippen LogP contribution in [0.2, 0.25) is 0 Å². The average Bonchev–Trinajstić information content (AvgIpc) is 2.90. The molecule has 3 rings (SSSR count). The zero-order valence-corrected chi connectivity index (χ0v) is 14.6. The predicted molar refractivity (Wildman–Crippen MR) is 96.2 cm³/mol. The Morgan fingerprint density at radius 3 is 2.67 bits per heavy atom. The first kappa shape index (κ1) is 19.1. The molecule has 1 fully saturated rings. The molecular weight excluding hydrogens is 351 g/mol. The second kappa shape index (κ2) is 8.32. The number of amides is 4. The van der Waals surface area contributed by atoms with Crippen LogP contribution in [0.1, 0.15) is 33.6 Å². The number of piperidine rings is 1. The summed E-state index contributed by atoms with van der Waals surface area (Å²) in [6.45, 7) is 1.80. The molecule has 2 aliphatic rings. The average molecular weight is 370 g/mol. The predicted octanol–water partition coefficient (Wildman–Crippen LogP) is -0.811. The van der Waals surface area contributed by atoms with Gasteiger partial charge in [-0.2, -0.15) is 0 Å². The molecule has 0 aliphatic carbocycles. The molecule has 1 atom stereocenters. The van der Waals surface area contributed by atoms with Gasteiger partial charge < -0.3 is 15.3 Å². The Hall–Kier alpha value is -2.72. The Morgan fingerprint density at radius 1 is 1.15 bits per heavy atom. The van der Waals surface area contributed by atoms with Crippen molar-refractivity contribution in [2.45, 2.75) is 18.9 Å². The molecule has 27 heavy (non-hydrogen) atoms. The van der Waals surface area contributed by atoms with E-state index in [1.54, 1.807) is 18.2 Å². The van der Waals surface area contributed by atoms with E-state index in [4.69, 9.17) is 12.7 Å². The molecule has 9 nitrogen and oxygen atoms in total. The highest BCUT2D eigenvalue weighted by Crippen LogP contribution is 2.32. The SMILES string of the molecule is [B]NCCOCCNc1cccc2c1C(=O)N(C1CCC(=O)NC1=O)C2=O. The number of nitrogens with one attached hydrogen (secondary N) is 3. The normalized spacial score (nSPS) is 19.3. The third-order valence-electron chi connectivity index (χ3n) is 4.42. The van der Waals surface area contributed by atoms with Gasteiger partial charge in [0.1, 0.15) is 6.04 Å². The standard InChI is InChI=1S/C17H19BN4O5/c18-20-7-9-27-8-6-19-11-3-1-2-10-14(11)17(26)22(16(10)25)12-4-5-13(23)21-15(12)24/h1-3,12,19-20H,4-9H2,(H,21,23,24). The fraction of sp³-hybridized carbons (Fsp3) is 0.412. The van der Waals surface area contributed by atoms with Crippen LogP contribution in [0.5, 0.6) is 0 Å². The summed E-state index contributed by atoms with van der Waals surface area (Å²) < 4.78 is 5.35. The van der Waals surface area contributed by atoms with Crippen LogP contribution in [0.15, 0.2) is 18.2 Å². The van der Waals surface area contributed by atoms with E-state index in [0.717, 1.165) is 4.90 Å². The van der Waals surface area contributed by atoms with Crippen LogP contribution in [-0.4, -0.2) is 68.9 Å². The van der Waals surface area contributed by atoms with Gasteiger partial charge in [-0.3, -0.25) is 29.4 Å². The van der Waals surface area contributed by atoms with Gasteiger partial charge in [-0.05, 0) is 18.6 Å². The van der Waals surface area contributed by atoms with Gasteiger partial charge in [0.15, 0.2) is 7.98 Å². The number of ether oxygens (including phenoxy) is 1. The maximum Gasteiger partial charge on any atom is 0.264 e. The van der Waals surface area contributed by atoms with Crippen LogP contribution in [0, 0.1) is 0 Å². The van der Waals surface area contributed by atoms with Gasteiger partial charge in [0, 0.05) is 25.2 Å². The molecule has 0 spiro atoms. The number of rotatable bonds is 8. The van der Waals surface area contributed by atoms with Crippen molar-refractivity contribution in [2.24, 2.45) is 0 Å². The van der Waals surface area contributed by atoms with Gasteiger partial charge in [0.2, 0.25) is 11.8 Å². The van der Waals surface area contributed by atoms with E-state index in [2.05, 4.69) is 15.9 Å². The summed E-state index contributed by atoms with van der Waals surface area (Å²) in [5, 5.41) is 7.74. The van der Waals surface area contributed by atoms with Gasteiger partial charge in [0.05, 0.1) is 24.3 Å². The first-order valence-electron chi connectivity index (χ1n) is 8.64. The quantitative estimate of drug-likeness (QED) is 0.311. The molecule has 10 heteroatoms. The zero-order valence-electron chi connectivity index (χ0n) is 14.6. The van der Waals surface area contributed by atoms with E-state index in [9.17, 15) is 19.2 Å². The number of fused-ring (bicyclic) bond motifs is 1. The molecule has 1 aromatic carbocycles. The largest absolute Gasteiger partial charge is 0.382 e. The van der Waals surface area contributed by atoms with E-state index in [1.807, 2.05) is 0 Å². The van der Waals surface area contributed by atoms with Gasteiger partial charge in [0.25, 0.3) is 11.8 Å². The molecular formula is C17H19BN4O5. The first-order valence-corrected chi connectivity index (χ1v) is 8.64. The minimum atomic E-state index is -0.977. The highest BCUT2D eigenvalue weighted by molar-refractivity contribution is 6.25. The second-order valence-electron chi connectivity index (χ2n) is 6.17. The molecule has 140 valence electrons. The lowest BCUT2D eigenvalue weighted by Gasteiger charge is -2.27. The number of carbonyl (C=O) groups excluding carboxylic acids is 4. The molecule has 1 unspecified atom stereocenters. The molecule has 0 aromatic heterocycles. The summed E-state index contributed by atoms with van der Waals surface area (Å²) in [6.07, 6.45) is 0.214. The first-order chi connectivity index (χ1) is 13.0. The van der Waals surface area contributed by atoms with E-state index in [-0.39, 0.29) is 24.0 Å². The van der Waals surface area contributed by atoms with Gasteiger partial charge in [-0.15, -0.1) is 0 Å². The summed E-state index contributed by atoms with van der Waals surface area (Å²) in [4.78, 5) is 49.9. The molecule has 0 bridgehead atoms. The molecule has 4 amide bonds.